The molecule has 2 aromatic rings. The summed E-state index contributed by atoms with van der Waals surface area (Å²) in [6.45, 7) is 0. The molecule has 1 N–H and O–H groups in total. The van der Waals surface area contributed by atoms with Crippen LogP contribution >= 0.6 is 11.6 Å². The highest BCUT2D eigenvalue weighted by atomic mass is 35.5. The Balaban J connectivity index is 2.17. The van der Waals surface area contributed by atoms with Gasteiger partial charge in [0.2, 0.25) is 5.75 Å². The van der Waals surface area contributed by atoms with E-state index >= 15 is 0 Å². The lowest BCUT2D eigenvalue weighted by Gasteiger charge is -2.12. The summed E-state index contributed by atoms with van der Waals surface area (Å²) in [5, 5.41) is 4.29. The standard InChI is InChI=1S/C17H17ClN2O4/c1-22-14-8-11(9-15(23-2)16(14)24-3)10-19-20-17(21)12-6-4-5-7-13(12)18/h4-10H,1-3H3,(H,20,21)/b19-10-. The Bertz CT molecular complexity index is 737. The number of nitrogens with one attached hydrogen (secondary N) is 1. The number of ether oxygens (including phenoxy) is 3. The minimum atomic E-state index is -0.399. The number of amides is 1. The first-order valence-corrected chi connectivity index (χ1v) is 7.36. The topological polar surface area (TPSA) is 69.2 Å². The van der Waals surface area contributed by atoms with Gasteiger partial charge in [0.05, 0.1) is 38.1 Å². The fraction of sp³-hybridized carbons (Fsp3) is 0.176. The third kappa shape index (κ3) is 3.97. The van der Waals surface area contributed by atoms with Gasteiger partial charge in [-0.1, -0.05) is 23.7 Å². The number of benzene rings is 2. The van der Waals surface area contributed by atoms with Crippen molar-refractivity contribution in [1.29, 1.82) is 0 Å². The van der Waals surface area contributed by atoms with Crippen molar-refractivity contribution in [2.75, 3.05) is 21.3 Å². The van der Waals surface area contributed by atoms with Gasteiger partial charge < -0.3 is 14.2 Å². The van der Waals surface area contributed by atoms with Crippen LogP contribution in [0.1, 0.15) is 15.9 Å². The maximum Gasteiger partial charge on any atom is 0.272 e. The number of carbonyl (C=O) groups is 1. The number of hydrazone groups is 1. The van der Waals surface area contributed by atoms with Gasteiger partial charge in [-0.15, -0.1) is 0 Å². The summed E-state index contributed by atoms with van der Waals surface area (Å²) >= 11 is 5.97. The van der Waals surface area contributed by atoms with Crippen LogP contribution < -0.4 is 19.6 Å². The molecule has 7 heteroatoms. The Hall–Kier alpha value is -2.73. The third-order valence-corrected chi connectivity index (χ3v) is 3.51. The molecular weight excluding hydrogens is 332 g/mol. The third-order valence-electron chi connectivity index (χ3n) is 3.19. The lowest BCUT2D eigenvalue weighted by Crippen LogP contribution is -2.17. The van der Waals surface area contributed by atoms with Crippen LogP contribution in [-0.2, 0) is 0 Å². The second-order valence-corrected chi connectivity index (χ2v) is 5.04. The van der Waals surface area contributed by atoms with Gasteiger partial charge in [-0.3, -0.25) is 4.79 Å². The molecule has 0 heterocycles. The Morgan fingerprint density at radius 3 is 2.25 bits per heavy atom. The Labute approximate surface area is 145 Å². The van der Waals surface area contributed by atoms with E-state index in [1.165, 1.54) is 27.5 Å². The first kappa shape index (κ1) is 17.6. The first-order chi connectivity index (χ1) is 11.6. The first-order valence-electron chi connectivity index (χ1n) is 6.98. The van der Waals surface area contributed by atoms with Crippen molar-refractivity contribution in [3.05, 3.63) is 52.5 Å². The summed E-state index contributed by atoms with van der Waals surface area (Å²) in [6.07, 6.45) is 1.47. The van der Waals surface area contributed by atoms with Crippen LogP contribution in [0.3, 0.4) is 0 Å². The van der Waals surface area contributed by atoms with E-state index in [0.717, 1.165) is 0 Å². The van der Waals surface area contributed by atoms with Crippen LogP contribution in [0.15, 0.2) is 41.5 Å². The lowest BCUT2D eigenvalue weighted by atomic mass is 10.2. The van der Waals surface area contributed by atoms with E-state index in [-0.39, 0.29) is 0 Å². The maximum absolute atomic E-state index is 12.0. The molecule has 0 fully saturated rings. The molecule has 0 aliphatic carbocycles. The number of methoxy groups -OCH3 is 3. The number of hydrogen-bond acceptors (Lipinski definition) is 5. The van der Waals surface area contributed by atoms with Gasteiger partial charge in [0.25, 0.3) is 5.91 Å². The highest BCUT2D eigenvalue weighted by Gasteiger charge is 2.12. The average Bonchev–Trinajstić information content (AvgIpc) is 2.60. The van der Waals surface area contributed by atoms with E-state index in [4.69, 9.17) is 25.8 Å². The predicted molar refractivity (Wildman–Crippen MR) is 92.6 cm³/mol. The van der Waals surface area contributed by atoms with E-state index < -0.39 is 5.91 Å². The van der Waals surface area contributed by atoms with E-state index in [9.17, 15) is 4.79 Å². The van der Waals surface area contributed by atoms with Gasteiger partial charge in [0.15, 0.2) is 11.5 Å². The summed E-state index contributed by atoms with van der Waals surface area (Å²) in [5.41, 5.74) is 3.44. The molecule has 0 unspecified atom stereocenters. The zero-order valence-electron chi connectivity index (χ0n) is 13.5. The molecule has 2 aromatic carbocycles. The summed E-state index contributed by atoms with van der Waals surface area (Å²) in [6, 6.07) is 10.2. The Morgan fingerprint density at radius 2 is 1.71 bits per heavy atom. The molecule has 1 amide bonds. The number of nitrogens with zero attached hydrogens (tertiary/aromatic N) is 1. The predicted octanol–water partition coefficient (Wildman–Crippen LogP) is 3.13. The summed E-state index contributed by atoms with van der Waals surface area (Å²) in [5.74, 6) is 1.08. The van der Waals surface area contributed by atoms with Gasteiger partial charge in [-0.25, -0.2) is 5.43 Å². The van der Waals surface area contributed by atoms with Gasteiger partial charge in [0, 0.05) is 5.56 Å². The molecule has 6 nitrogen and oxygen atoms in total. The second-order valence-electron chi connectivity index (χ2n) is 4.64. The normalized spacial score (nSPS) is 10.5. The van der Waals surface area contributed by atoms with Crippen LogP contribution in [0.2, 0.25) is 5.02 Å². The zero-order chi connectivity index (χ0) is 17.5. The summed E-state index contributed by atoms with van der Waals surface area (Å²) in [4.78, 5) is 12.0. The van der Waals surface area contributed by atoms with E-state index in [1.54, 1.807) is 36.4 Å². The van der Waals surface area contributed by atoms with Crippen LogP contribution in [0, 0.1) is 0 Å². The van der Waals surface area contributed by atoms with Crippen LogP contribution in [0.5, 0.6) is 17.2 Å². The molecule has 0 radical (unpaired) electrons. The van der Waals surface area contributed by atoms with E-state index in [0.29, 0.717) is 33.4 Å². The number of rotatable bonds is 6. The van der Waals surface area contributed by atoms with E-state index in [2.05, 4.69) is 10.5 Å². The molecule has 0 bridgehead atoms. The lowest BCUT2D eigenvalue weighted by molar-refractivity contribution is 0.0955. The molecule has 0 aliphatic rings. The average molecular weight is 349 g/mol. The Kier molecular flexibility index (Phi) is 6.03. The molecule has 0 saturated carbocycles. The number of halogens is 1. The minimum absolute atomic E-state index is 0.348. The highest BCUT2D eigenvalue weighted by molar-refractivity contribution is 6.33. The quantitative estimate of drug-likeness (QED) is 0.643. The van der Waals surface area contributed by atoms with Crippen LogP contribution in [0.4, 0.5) is 0 Å². The van der Waals surface area contributed by atoms with Crippen molar-refractivity contribution in [3.63, 3.8) is 0 Å². The largest absolute Gasteiger partial charge is 0.493 e. The van der Waals surface area contributed by atoms with Crippen molar-refractivity contribution in [3.8, 4) is 17.2 Å². The molecule has 0 aromatic heterocycles. The zero-order valence-corrected chi connectivity index (χ0v) is 14.3. The number of carbonyl (C=O) groups excluding carboxylic acids is 1. The summed E-state index contributed by atoms with van der Waals surface area (Å²) < 4.78 is 15.8. The van der Waals surface area contributed by atoms with Crippen LogP contribution in [-0.4, -0.2) is 33.5 Å². The number of hydrogen-bond donors (Lipinski definition) is 1. The smallest absolute Gasteiger partial charge is 0.272 e. The van der Waals surface area contributed by atoms with Gasteiger partial charge in [0.1, 0.15) is 0 Å². The van der Waals surface area contributed by atoms with E-state index in [1.807, 2.05) is 0 Å². The highest BCUT2D eigenvalue weighted by Crippen LogP contribution is 2.37. The van der Waals surface area contributed by atoms with Crippen molar-refractivity contribution in [2.24, 2.45) is 5.10 Å². The molecule has 24 heavy (non-hydrogen) atoms. The molecule has 0 atom stereocenters. The fourth-order valence-electron chi connectivity index (χ4n) is 2.05. The van der Waals surface area contributed by atoms with Gasteiger partial charge in [-0.2, -0.15) is 5.10 Å². The maximum atomic E-state index is 12.0. The van der Waals surface area contributed by atoms with Crippen molar-refractivity contribution in [1.82, 2.24) is 5.43 Å². The minimum Gasteiger partial charge on any atom is -0.493 e. The molecule has 0 spiro atoms. The Morgan fingerprint density at radius 1 is 1.08 bits per heavy atom. The fourth-order valence-corrected chi connectivity index (χ4v) is 2.27. The SMILES string of the molecule is COc1cc(/C=N\NC(=O)c2ccccc2Cl)cc(OC)c1OC. The van der Waals surface area contributed by atoms with Crippen molar-refractivity contribution in [2.45, 2.75) is 0 Å². The second kappa shape index (κ2) is 8.21. The summed E-state index contributed by atoms with van der Waals surface area (Å²) in [7, 11) is 4.58. The molecule has 126 valence electrons. The van der Waals surface area contributed by atoms with Gasteiger partial charge >= 0.3 is 0 Å². The van der Waals surface area contributed by atoms with Crippen molar-refractivity contribution < 1.29 is 19.0 Å². The molecule has 0 aliphatic heterocycles. The molecular formula is C17H17ClN2O4. The molecule has 2 rings (SSSR count). The monoisotopic (exact) mass is 348 g/mol. The van der Waals surface area contributed by atoms with Crippen molar-refractivity contribution >= 4 is 23.7 Å². The van der Waals surface area contributed by atoms with Gasteiger partial charge in [-0.05, 0) is 24.3 Å². The van der Waals surface area contributed by atoms with Crippen LogP contribution in [0.25, 0.3) is 0 Å². The molecule has 0 saturated heterocycles.